The predicted octanol–water partition coefficient (Wildman–Crippen LogP) is 9.09. The van der Waals surface area contributed by atoms with Crippen LogP contribution in [0.3, 0.4) is 0 Å². The van der Waals surface area contributed by atoms with Crippen molar-refractivity contribution in [3.8, 4) is 0 Å². The maximum absolute atomic E-state index is 12.8. The number of hydrogen-bond acceptors (Lipinski definition) is 11. The highest BCUT2D eigenvalue weighted by molar-refractivity contribution is 7.45. The van der Waals surface area contributed by atoms with Gasteiger partial charge in [-0.1, -0.05) is 147 Å². The van der Waals surface area contributed by atoms with E-state index in [1.165, 1.54) is 70.6 Å². The van der Waals surface area contributed by atoms with Crippen LogP contribution >= 0.6 is 7.82 Å². The number of quaternary nitrogens is 1. The summed E-state index contributed by atoms with van der Waals surface area (Å²) >= 11 is 0. The van der Waals surface area contributed by atoms with Gasteiger partial charge >= 0.3 is 11.9 Å². The number of ether oxygens (including phenoxy) is 2. The average molecular weight is 858 g/mol. The van der Waals surface area contributed by atoms with E-state index in [2.05, 4.69) is 13.8 Å². The molecule has 1 rings (SSSR count). The van der Waals surface area contributed by atoms with Gasteiger partial charge in [0.25, 0.3) is 7.82 Å². The van der Waals surface area contributed by atoms with E-state index in [1.807, 2.05) is 33.3 Å². The van der Waals surface area contributed by atoms with Gasteiger partial charge in [0.2, 0.25) is 0 Å². The number of phosphoric acid groups is 1. The number of nitrogens with zero attached hydrogens (tertiary/aromatic N) is 1. The Balaban J connectivity index is 2.49. The summed E-state index contributed by atoms with van der Waals surface area (Å²) in [5.74, 6) is -1.77. The molecule has 0 bridgehead atoms. The number of Topliss-reactive ketones (excluding diaryl/α,β-unsaturated/α-hetero) is 1. The molecule has 0 aromatic carbocycles. The summed E-state index contributed by atoms with van der Waals surface area (Å²) in [6.07, 6.45) is 28.5. The Morgan fingerprint density at radius 3 is 1.95 bits per heavy atom. The van der Waals surface area contributed by atoms with E-state index in [-0.39, 0.29) is 50.1 Å². The van der Waals surface area contributed by atoms with Gasteiger partial charge in [-0.15, -0.1) is 0 Å². The van der Waals surface area contributed by atoms with Crippen LogP contribution in [0, 0.1) is 11.8 Å². The topological polar surface area (TPSA) is 169 Å². The van der Waals surface area contributed by atoms with E-state index in [0.717, 1.165) is 38.5 Å². The molecule has 12 nitrogen and oxygen atoms in total. The third kappa shape index (κ3) is 30.7. The second-order valence-electron chi connectivity index (χ2n) is 17.6. The number of ketones is 1. The first kappa shape index (κ1) is 55.1. The van der Waals surface area contributed by atoms with Crippen LogP contribution in [0.1, 0.15) is 174 Å². The number of likely N-dealkylation sites (N-methyl/N-ethyl adjacent to an activating group) is 1. The summed E-state index contributed by atoms with van der Waals surface area (Å²) in [4.78, 5) is 50.3. The number of carbonyl (C=O) groups excluding carboxylic acids is 3. The number of allylic oxidation sites excluding steroid dienone is 2. The molecule has 0 heterocycles. The Morgan fingerprint density at radius 2 is 1.36 bits per heavy atom. The first-order valence-electron chi connectivity index (χ1n) is 23.1. The molecule has 0 spiro atoms. The lowest BCUT2D eigenvalue weighted by Crippen LogP contribution is -2.37. The third-order valence-electron chi connectivity index (χ3n) is 10.8. The molecule has 2 N–H and O–H groups in total. The number of unbranched alkanes of at least 4 members (excludes halogenated alkanes) is 17. The van der Waals surface area contributed by atoms with Crippen molar-refractivity contribution in [3.63, 3.8) is 0 Å². The molecular formula is C46H84NO11P. The molecule has 0 amide bonds. The van der Waals surface area contributed by atoms with Crippen LogP contribution in [0.15, 0.2) is 24.3 Å². The zero-order valence-corrected chi connectivity index (χ0v) is 38.6. The van der Waals surface area contributed by atoms with Gasteiger partial charge in [0, 0.05) is 31.1 Å². The standard InChI is InChI=1S/C46H84NO11P/c1-6-8-10-11-12-13-14-15-16-17-18-19-20-21-26-30-45(51)55-37-40(38-57-59(53,54)56-35-34-47(3,4)5)58-46(52)31-27-23-22-25-29-41-42(44(50)36-43(41)49)33-32-39(48)28-24-9-7-2/h22,25,32-33,39-42,44,48,50H,6-21,23-24,26-31,34-38H2,1-5H3/b25-22-,33-32+/t39-,40+,41+,42+,44+/m0/s1. The van der Waals surface area contributed by atoms with Gasteiger partial charge in [-0.05, 0) is 32.1 Å². The molecule has 0 aliphatic heterocycles. The van der Waals surface area contributed by atoms with E-state index < -0.39 is 44.7 Å². The monoisotopic (exact) mass is 858 g/mol. The van der Waals surface area contributed by atoms with Crippen LogP contribution in [0.4, 0.5) is 0 Å². The second-order valence-corrected chi connectivity index (χ2v) is 19.0. The summed E-state index contributed by atoms with van der Waals surface area (Å²) in [5, 5.41) is 20.7. The molecule has 0 radical (unpaired) electrons. The van der Waals surface area contributed by atoms with Gasteiger partial charge < -0.3 is 38.1 Å². The molecule has 1 aliphatic rings. The number of esters is 2. The molecule has 6 atom stereocenters. The van der Waals surface area contributed by atoms with Crippen molar-refractivity contribution in [1.29, 1.82) is 0 Å². The highest BCUT2D eigenvalue weighted by atomic mass is 31.2. The van der Waals surface area contributed by atoms with Crippen LogP contribution < -0.4 is 4.89 Å². The van der Waals surface area contributed by atoms with E-state index in [1.54, 1.807) is 12.2 Å². The van der Waals surface area contributed by atoms with Crippen LogP contribution in [-0.4, -0.2) is 98.2 Å². The van der Waals surface area contributed by atoms with Crippen molar-refractivity contribution in [2.75, 3.05) is 47.5 Å². The van der Waals surface area contributed by atoms with Gasteiger partial charge in [0.15, 0.2) is 6.10 Å². The largest absolute Gasteiger partial charge is 0.756 e. The Kier molecular flexibility index (Phi) is 31.4. The summed E-state index contributed by atoms with van der Waals surface area (Å²) in [6.45, 7) is 3.82. The van der Waals surface area contributed by atoms with Crippen molar-refractivity contribution < 1.29 is 57.1 Å². The lowest BCUT2D eigenvalue weighted by atomic mass is 9.90. The Labute approximate surface area is 358 Å². The minimum absolute atomic E-state index is 0.00831. The van der Waals surface area contributed by atoms with Crippen molar-refractivity contribution in [2.45, 2.75) is 193 Å². The summed E-state index contributed by atoms with van der Waals surface area (Å²) in [7, 11) is 1.01. The van der Waals surface area contributed by atoms with Crippen molar-refractivity contribution in [2.24, 2.45) is 11.8 Å². The molecule has 1 unspecified atom stereocenters. The van der Waals surface area contributed by atoms with E-state index in [9.17, 15) is 34.1 Å². The van der Waals surface area contributed by atoms with Crippen LogP contribution in [-0.2, 0) is 37.5 Å². The minimum atomic E-state index is -4.70. The second kappa shape index (κ2) is 33.7. The number of aliphatic hydroxyl groups is 2. The van der Waals surface area contributed by atoms with Gasteiger partial charge in [0.05, 0.1) is 40.0 Å². The zero-order valence-electron chi connectivity index (χ0n) is 37.7. The fourth-order valence-corrected chi connectivity index (χ4v) is 7.84. The lowest BCUT2D eigenvalue weighted by molar-refractivity contribution is -0.870. The van der Waals surface area contributed by atoms with Crippen LogP contribution in [0.25, 0.3) is 0 Å². The van der Waals surface area contributed by atoms with Crippen molar-refractivity contribution >= 4 is 25.5 Å². The predicted molar refractivity (Wildman–Crippen MR) is 232 cm³/mol. The molecule has 1 fully saturated rings. The molecule has 0 aromatic rings. The summed E-state index contributed by atoms with van der Waals surface area (Å²) in [5.41, 5.74) is 0. The highest BCUT2D eigenvalue weighted by Gasteiger charge is 2.39. The van der Waals surface area contributed by atoms with E-state index in [4.69, 9.17) is 18.5 Å². The molecule has 0 saturated heterocycles. The Hall–Kier alpha value is -1.92. The van der Waals surface area contributed by atoms with Crippen molar-refractivity contribution in [1.82, 2.24) is 0 Å². The first-order chi connectivity index (χ1) is 28.2. The van der Waals surface area contributed by atoms with E-state index in [0.29, 0.717) is 43.1 Å². The molecule has 1 saturated carbocycles. The van der Waals surface area contributed by atoms with E-state index >= 15 is 0 Å². The maximum Gasteiger partial charge on any atom is 0.306 e. The summed E-state index contributed by atoms with van der Waals surface area (Å²) < 4.78 is 33.8. The van der Waals surface area contributed by atoms with Crippen molar-refractivity contribution in [3.05, 3.63) is 24.3 Å². The molecule has 1 aliphatic carbocycles. The smallest absolute Gasteiger partial charge is 0.306 e. The molecular weight excluding hydrogens is 773 g/mol. The first-order valence-corrected chi connectivity index (χ1v) is 24.6. The van der Waals surface area contributed by atoms with Gasteiger partial charge in [-0.3, -0.25) is 18.9 Å². The number of phosphoric ester groups is 1. The number of rotatable bonds is 38. The normalized spacial score (nSPS) is 19.4. The fourth-order valence-electron chi connectivity index (χ4n) is 7.11. The average Bonchev–Trinajstić information content (AvgIpc) is 3.44. The number of hydrogen-bond donors (Lipinski definition) is 2. The number of aliphatic hydroxyl groups excluding tert-OH is 2. The molecule has 344 valence electrons. The SMILES string of the molecule is CCCCCCCCCCCCCCCCCC(=O)OC[C@H](COP(=O)([O-])OCC[N+](C)(C)C)OC(=O)CCC/C=C\C[C@H]1C(=O)C[C@@H](O)[C@@H]1/C=C/[C@@H](O)CCCCC. The van der Waals surface area contributed by atoms with Crippen LogP contribution in [0.2, 0.25) is 0 Å². The maximum atomic E-state index is 12.8. The molecule has 0 aromatic heterocycles. The van der Waals surface area contributed by atoms with Crippen LogP contribution in [0.5, 0.6) is 0 Å². The van der Waals surface area contributed by atoms with Gasteiger partial charge in [-0.25, -0.2) is 0 Å². The minimum Gasteiger partial charge on any atom is -0.756 e. The van der Waals surface area contributed by atoms with Gasteiger partial charge in [0.1, 0.15) is 25.5 Å². The quantitative estimate of drug-likeness (QED) is 0.0200. The molecule has 13 heteroatoms. The lowest BCUT2D eigenvalue weighted by Gasteiger charge is -2.28. The Bertz CT molecular complexity index is 1220. The van der Waals surface area contributed by atoms with Gasteiger partial charge in [-0.2, -0.15) is 0 Å². The molecule has 59 heavy (non-hydrogen) atoms. The third-order valence-corrected chi connectivity index (χ3v) is 11.8. The highest BCUT2D eigenvalue weighted by Crippen LogP contribution is 2.38. The zero-order chi connectivity index (χ0) is 43.8. The Morgan fingerprint density at radius 1 is 0.797 bits per heavy atom. The fraction of sp³-hybridized carbons (Fsp3) is 0.848. The number of carbonyl (C=O) groups is 3. The summed E-state index contributed by atoms with van der Waals surface area (Å²) in [6, 6.07) is 0.